The summed E-state index contributed by atoms with van der Waals surface area (Å²) in [5, 5.41) is 11.8. The largest absolute Gasteiger partial charge is 0.478 e. The fourth-order valence-corrected chi connectivity index (χ4v) is 4.64. The number of carboxylic acids is 1. The summed E-state index contributed by atoms with van der Waals surface area (Å²) in [6, 6.07) is 23.2. The molecule has 31 heavy (non-hydrogen) atoms. The van der Waals surface area contributed by atoms with Gasteiger partial charge in [-0.15, -0.1) is 11.8 Å². The molecule has 0 radical (unpaired) electrons. The molecule has 156 valence electrons. The Morgan fingerprint density at radius 1 is 0.968 bits per heavy atom. The topological polar surface area (TPSA) is 86.7 Å². The Morgan fingerprint density at radius 2 is 1.65 bits per heavy atom. The van der Waals surface area contributed by atoms with E-state index in [-0.39, 0.29) is 22.5 Å². The van der Waals surface area contributed by atoms with Crippen molar-refractivity contribution < 1.29 is 19.5 Å². The number of carboxylic acid groups (broad SMARTS) is 1. The number of hydrogen-bond donors (Lipinski definition) is 2. The van der Waals surface area contributed by atoms with E-state index < -0.39 is 11.9 Å². The van der Waals surface area contributed by atoms with Gasteiger partial charge in [-0.1, -0.05) is 54.6 Å². The molecule has 1 aliphatic rings. The van der Waals surface area contributed by atoms with Crippen molar-refractivity contribution in [3.63, 3.8) is 0 Å². The average Bonchev–Trinajstić information content (AvgIpc) is 3.15. The number of anilines is 1. The second kappa shape index (κ2) is 9.06. The lowest BCUT2D eigenvalue weighted by Gasteiger charge is -2.24. The maximum Gasteiger partial charge on any atom is 0.337 e. The Bertz CT molecular complexity index is 1120. The molecular weight excluding hydrogens is 412 g/mol. The Hall–Kier alpha value is -3.58. The third-order valence-corrected chi connectivity index (χ3v) is 6.28. The highest BCUT2D eigenvalue weighted by atomic mass is 32.2. The molecule has 2 amide bonds. The number of hydrogen-bond acceptors (Lipinski definition) is 4. The van der Waals surface area contributed by atoms with E-state index in [0.29, 0.717) is 17.9 Å². The van der Waals surface area contributed by atoms with Crippen molar-refractivity contribution in [3.8, 4) is 0 Å². The smallest absolute Gasteiger partial charge is 0.337 e. The van der Waals surface area contributed by atoms with E-state index in [1.165, 1.54) is 6.07 Å². The number of amides is 2. The average molecular weight is 433 g/mol. The van der Waals surface area contributed by atoms with Crippen molar-refractivity contribution in [3.05, 3.63) is 101 Å². The summed E-state index contributed by atoms with van der Waals surface area (Å²) in [6.07, 6.45) is 0. The maximum absolute atomic E-state index is 12.6. The van der Waals surface area contributed by atoms with E-state index in [2.05, 4.69) is 5.32 Å². The molecular formula is C24H20N2O4S. The van der Waals surface area contributed by atoms with Crippen LogP contribution in [-0.2, 0) is 11.3 Å². The molecule has 1 aliphatic heterocycles. The monoisotopic (exact) mass is 432 g/mol. The van der Waals surface area contributed by atoms with Crippen molar-refractivity contribution in [1.29, 1.82) is 0 Å². The van der Waals surface area contributed by atoms with Gasteiger partial charge in [-0.25, -0.2) is 4.79 Å². The third kappa shape index (κ3) is 4.62. The zero-order valence-corrected chi connectivity index (χ0v) is 17.3. The number of nitrogens with one attached hydrogen (secondary N) is 1. The minimum absolute atomic E-state index is 0.0323. The number of aromatic carboxylic acids is 1. The van der Waals surface area contributed by atoms with Gasteiger partial charge in [-0.3, -0.25) is 9.59 Å². The number of rotatable bonds is 6. The molecule has 0 aromatic heterocycles. The number of para-hydroxylation sites is 1. The first kappa shape index (κ1) is 20.7. The predicted octanol–water partition coefficient (Wildman–Crippen LogP) is 4.41. The minimum atomic E-state index is -1.10. The van der Waals surface area contributed by atoms with Gasteiger partial charge in [0.1, 0.15) is 5.37 Å². The van der Waals surface area contributed by atoms with Crippen LogP contribution in [-0.4, -0.2) is 33.5 Å². The van der Waals surface area contributed by atoms with E-state index in [1.54, 1.807) is 42.1 Å². The second-order valence-corrected chi connectivity index (χ2v) is 8.17. The normalized spacial score (nSPS) is 15.7. The Labute approximate surface area is 183 Å². The lowest BCUT2D eigenvalue weighted by molar-refractivity contribution is -0.128. The maximum atomic E-state index is 12.6. The van der Waals surface area contributed by atoms with E-state index in [4.69, 9.17) is 0 Å². The molecule has 1 saturated heterocycles. The highest BCUT2D eigenvalue weighted by molar-refractivity contribution is 8.00. The fraction of sp³-hybridized carbons (Fsp3) is 0.125. The van der Waals surface area contributed by atoms with Gasteiger partial charge in [-0.2, -0.15) is 0 Å². The van der Waals surface area contributed by atoms with Gasteiger partial charge < -0.3 is 15.3 Å². The highest BCUT2D eigenvalue weighted by Gasteiger charge is 2.32. The predicted molar refractivity (Wildman–Crippen MR) is 120 cm³/mol. The summed E-state index contributed by atoms with van der Waals surface area (Å²) < 4.78 is 0. The van der Waals surface area contributed by atoms with Gasteiger partial charge in [0.2, 0.25) is 5.91 Å². The number of thioether (sulfide) groups is 1. The summed E-state index contributed by atoms with van der Waals surface area (Å²) in [5.74, 6) is -0.985. The molecule has 1 heterocycles. The summed E-state index contributed by atoms with van der Waals surface area (Å²) in [4.78, 5) is 38.2. The molecule has 2 N–H and O–H groups in total. The zero-order valence-electron chi connectivity index (χ0n) is 16.5. The molecule has 0 spiro atoms. The van der Waals surface area contributed by atoms with Gasteiger partial charge in [0.15, 0.2) is 0 Å². The third-order valence-electron chi connectivity index (χ3n) is 5.03. The molecule has 0 aliphatic carbocycles. The standard InChI is InChI=1S/C24H20N2O4S/c27-21-15-31-23(26(21)14-16-6-2-1-3-7-16)18-12-10-17(11-13-18)22(28)25-20-9-5-4-8-19(20)24(29)30/h1-13,23H,14-15H2,(H,25,28)(H,29,30)/t23-/m0/s1. The van der Waals surface area contributed by atoms with Gasteiger partial charge in [0.05, 0.1) is 17.0 Å². The van der Waals surface area contributed by atoms with E-state index >= 15 is 0 Å². The Balaban J connectivity index is 1.49. The van der Waals surface area contributed by atoms with E-state index in [9.17, 15) is 19.5 Å². The summed E-state index contributed by atoms with van der Waals surface area (Å²) >= 11 is 1.56. The van der Waals surface area contributed by atoms with Crippen molar-refractivity contribution in [2.75, 3.05) is 11.1 Å². The summed E-state index contributed by atoms with van der Waals surface area (Å²) in [5.41, 5.74) is 2.69. The van der Waals surface area contributed by atoms with Crippen molar-refractivity contribution in [1.82, 2.24) is 4.90 Å². The van der Waals surface area contributed by atoms with Crippen LogP contribution in [0, 0.1) is 0 Å². The van der Waals surface area contributed by atoms with Crippen molar-refractivity contribution >= 4 is 35.2 Å². The second-order valence-electron chi connectivity index (χ2n) is 7.10. The molecule has 0 bridgehead atoms. The number of nitrogens with zero attached hydrogens (tertiary/aromatic N) is 1. The molecule has 6 nitrogen and oxygen atoms in total. The Kier molecular flexibility index (Phi) is 6.04. The molecule has 1 fully saturated rings. The summed E-state index contributed by atoms with van der Waals surface area (Å²) in [7, 11) is 0. The molecule has 1 atom stereocenters. The lowest BCUT2D eigenvalue weighted by Crippen LogP contribution is -2.27. The lowest BCUT2D eigenvalue weighted by atomic mass is 10.1. The number of carbonyl (C=O) groups excluding carboxylic acids is 2. The highest BCUT2D eigenvalue weighted by Crippen LogP contribution is 2.39. The quantitative estimate of drug-likeness (QED) is 0.603. The molecule has 4 rings (SSSR count). The molecule has 7 heteroatoms. The van der Waals surface area contributed by atoms with Crippen LogP contribution >= 0.6 is 11.8 Å². The van der Waals surface area contributed by atoms with Crippen LogP contribution in [0.4, 0.5) is 5.69 Å². The van der Waals surface area contributed by atoms with E-state index in [0.717, 1.165) is 11.1 Å². The number of carbonyl (C=O) groups is 3. The van der Waals surface area contributed by atoms with Crippen LogP contribution in [0.15, 0.2) is 78.9 Å². The van der Waals surface area contributed by atoms with Gasteiger partial charge >= 0.3 is 5.97 Å². The molecule has 0 saturated carbocycles. The van der Waals surface area contributed by atoms with Crippen molar-refractivity contribution in [2.24, 2.45) is 0 Å². The van der Waals surface area contributed by atoms with E-state index in [1.807, 2.05) is 47.4 Å². The number of benzene rings is 3. The van der Waals surface area contributed by atoms with Gasteiger partial charge in [0, 0.05) is 12.1 Å². The zero-order chi connectivity index (χ0) is 21.8. The SMILES string of the molecule is O=C(Nc1ccccc1C(=O)O)c1ccc([C@@H]2SCC(=O)N2Cc2ccccc2)cc1. The van der Waals surface area contributed by atoms with Crippen molar-refractivity contribution in [2.45, 2.75) is 11.9 Å². The van der Waals surface area contributed by atoms with Gasteiger partial charge in [-0.05, 0) is 35.4 Å². The van der Waals surface area contributed by atoms with Crippen LogP contribution in [0.1, 0.15) is 37.2 Å². The minimum Gasteiger partial charge on any atom is -0.478 e. The van der Waals surface area contributed by atoms with Crippen LogP contribution in [0.3, 0.4) is 0 Å². The van der Waals surface area contributed by atoms with Crippen LogP contribution in [0.25, 0.3) is 0 Å². The summed E-state index contributed by atoms with van der Waals surface area (Å²) in [6.45, 7) is 0.533. The van der Waals surface area contributed by atoms with Crippen LogP contribution < -0.4 is 5.32 Å². The molecule has 3 aromatic carbocycles. The first-order valence-corrected chi connectivity index (χ1v) is 10.8. The van der Waals surface area contributed by atoms with Gasteiger partial charge in [0.25, 0.3) is 5.91 Å². The first-order chi connectivity index (χ1) is 15.0. The Morgan fingerprint density at radius 3 is 2.35 bits per heavy atom. The van der Waals surface area contributed by atoms with Crippen LogP contribution in [0.5, 0.6) is 0 Å². The molecule has 0 unspecified atom stereocenters. The first-order valence-electron chi connectivity index (χ1n) is 9.71. The van der Waals surface area contributed by atoms with Crippen LogP contribution in [0.2, 0.25) is 0 Å². The fourth-order valence-electron chi connectivity index (χ4n) is 3.45. The molecule has 3 aromatic rings.